The smallest absolute Gasteiger partial charge is 1.00 e. The normalized spacial score (nSPS) is 18.9. The van der Waals surface area contributed by atoms with E-state index in [0.717, 1.165) is 89.8 Å². The number of H-pyrrole nitrogens is 2. The molecular formula is C66H71Br2Cl2N8NaO6. The monoisotopic (exact) mass is 1320 g/mol. The van der Waals surface area contributed by atoms with Gasteiger partial charge in [0.15, 0.2) is 0 Å². The Balaban J connectivity index is 0.000000222. The maximum atomic E-state index is 15.1. The molecule has 14 nitrogen and oxygen atoms in total. The van der Waals surface area contributed by atoms with Gasteiger partial charge < -0.3 is 40.8 Å². The van der Waals surface area contributed by atoms with Crippen molar-refractivity contribution in [3.05, 3.63) is 186 Å². The van der Waals surface area contributed by atoms with Crippen molar-refractivity contribution in [2.45, 2.75) is 97.3 Å². The molecule has 19 heteroatoms. The summed E-state index contributed by atoms with van der Waals surface area (Å²) < 4.78 is 1.92. The third-order valence-corrected chi connectivity index (χ3v) is 18.4. The van der Waals surface area contributed by atoms with Crippen LogP contribution in [0.25, 0.3) is 21.8 Å². The molecule has 11 rings (SSSR count). The topological polar surface area (TPSA) is 153 Å². The average molecular weight is 1330 g/mol. The maximum absolute atomic E-state index is 15.1. The van der Waals surface area contributed by atoms with Crippen LogP contribution in [0.5, 0.6) is 0 Å². The van der Waals surface area contributed by atoms with Gasteiger partial charge in [0.1, 0.15) is 0 Å². The number of carbonyl (C=O) groups excluding carboxylic acids is 6. The number of halogens is 4. The minimum atomic E-state index is -1.06. The van der Waals surface area contributed by atoms with Crippen LogP contribution in [-0.2, 0) is 48.3 Å². The molecule has 3 saturated heterocycles. The number of benzene rings is 5. The fraction of sp³-hybridized carbons (Fsp3) is 0.364. The molecule has 0 saturated carbocycles. The van der Waals surface area contributed by atoms with Crippen LogP contribution in [0.15, 0.2) is 142 Å². The van der Waals surface area contributed by atoms with E-state index in [0.29, 0.717) is 100 Å². The Hall–Kier alpha value is -5.72. The molecule has 6 amide bonds. The summed E-state index contributed by atoms with van der Waals surface area (Å²) in [5, 5.41) is 3.08. The van der Waals surface area contributed by atoms with Crippen LogP contribution in [0, 0.1) is 12.3 Å². The largest absolute Gasteiger partial charge is 1.00 e. The molecule has 4 aliphatic rings. The van der Waals surface area contributed by atoms with Crippen LogP contribution in [0.4, 0.5) is 0 Å². The van der Waals surface area contributed by atoms with Crippen LogP contribution in [0.3, 0.4) is 0 Å². The zero-order valence-electron chi connectivity index (χ0n) is 49.7. The Morgan fingerprint density at radius 2 is 1.06 bits per heavy atom. The van der Waals surface area contributed by atoms with Gasteiger partial charge in [-0.25, -0.2) is 0 Å². The van der Waals surface area contributed by atoms with Crippen LogP contribution in [0.2, 0.25) is 10.0 Å². The molecule has 5 aromatic carbocycles. The number of unbranched alkanes of at least 4 members (excludes halogenated alkanes) is 2. The second-order valence-electron chi connectivity index (χ2n) is 22.6. The predicted octanol–water partition coefficient (Wildman–Crippen LogP) is 10.0. The molecule has 0 bridgehead atoms. The molecule has 0 spiro atoms. The number of nitrogens with zero attached hydrogens (tertiary/aromatic N) is 6. The first-order chi connectivity index (χ1) is 40.5. The van der Waals surface area contributed by atoms with Gasteiger partial charge >= 0.3 is 29.6 Å². The molecule has 3 fully saturated rings. The van der Waals surface area contributed by atoms with Gasteiger partial charge in [0.2, 0.25) is 29.5 Å². The Bertz CT molecular complexity index is 3610. The first kappa shape index (κ1) is 63.8. The number of hydrogen-bond donors (Lipinski definition) is 2. The van der Waals surface area contributed by atoms with Gasteiger partial charge in [0.25, 0.3) is 5.91 Å². The molecule has 2 aromatic heterocycles. The van der Waals surface area contributed by atoms with Gasteiger partial charge in [-0.2, -0.15) is 0 Å². The van der Waals surface area contributed by atoms with E-state index in [9.17, 15) is 24.0 Å². The Morgan fingerprint density at radius 1 is 0.600 bits per heavy atom. The van der Waals surface area contributed by atoms with Crippen molar-refractivity contribution < 1.29 is 59.8 Å². The average Bonchev–Trinajstić information content (AvgIpc) is 1.62. The second kappa shape index (κ2) is 28.4. The standard InChI is InChI=1S/C37H40BrClN4O3.C29H30BrClN4O3.Na.H/c1-3-4-5-33(44)41-16-18-42(19-17-41)36(46)37(21-26-8-6-25(2)7-9-26)22-34(45)43(24-27-10-12-28(38)13-11-27)35(37)31-23-40-32-20-29(39)14-15-30(31)32;1-2-3-4-26(36)33-11-13-34(14-12-33)29(38)23-16-27(37)35(18-19-5-7-20(30)8-6-19)28(23)24-17-32-25-15-21(31)9-10-22(24)25;;/h6-15,20,23,35,40H,3-5,16-19,21-22,24H2,1-2H3;5-10,15-17,28,32H,2-4,11-14,18H2,1H3;;/q;;+1;-1. The number of hydrogen-bond acceptors (Lipinski definition) is 6. The summed E-state index contributed by atoms with van der Waals surface area (Å²) in [4.78, 5) is 99.6. The molecule has 0 aliphatic carbocycles. The van der Waals surface area contributed by atoms with Crippen molar-refractivity contribution >= 4 is 112 Å². The van der Waals surface area contributed by atoms with Crippen molar-refractivity contribution in [1.29, 1.82) is 0 Å². The quantitative estimate of drug-likeness (QED) is 0.0919. The number of nitrogens with one attached hydrogen (secondary N) is 2. The SMILES string of the molecule is CCCCC(=O)N1CCN(C(=O)C2(Cc3ccc(C)cc3)CC(=O)N(Cc3ccc(Br)cc3)C2c2c[nH]c3cc(Cl)ccc23)CC1.CCCCC(=O)N1CCN(C(=O)C2=CC(=O)N(Cc3ccc(Br)cc3)C2c2c[nH]c3cc(Cl)ccc23)CC1.[H-].[Na+]. The minimum absolute atomic E-state index is 0. The third kappa shape index (κ3) is 14.3. The van der Waals surface area contributed by atoms with Crippen LogP contribution < -0.4 is 29.6 Å². The molecule has 7 aromatic rings. The van der Waals surface area contributed by atoms with Crippen molar-refractivity contribution in [2.75, 3.05) is 52.4 Å². The molecule has 3 atom stereocenters. The van der Waals surface area contributed by atoms with E-state index < -0.39 is 17.5 Å². The van der Waals surface area contributed by atoms with E-state index in [2.05, 4.69) is 79.9 Å². The van der Waals surface area contributed by atoms with E-state index in [1.807, 2.05) is 124 Å². The van der Waals surface area contributed by atoms with E-state index in [4.69, 9.17) is 23.2 Å². The van der Waals surface area contributed by atoms with Crippen molar-refractivity contribution in [2.24, 2.45) is 5.41 Å². The molecule has 3 unspecified atom stereocenters. The Labute approximate surface area is 547 Å². The molecule has 2 N–H and O–H groups in total. The number of fused-ring (bicyclic) bond motifs is 2. The maximum Gasteiger partial charge on any atom is 1.00 e. The summed E-state index contributed by atoms with van der Waals surface area (Å²) in [5.41, 5.74) is 6.96. The van der Waals surface area contributed by atoms with Crippen molar-refractivity contribution in [1.82, 2.24) is 39.4 Å². The summed E-state index contributed by atoms with van der Waals surface area (Å²) in [6.45, 7) is 10.8. The summed E-state index contributed by atoms with van der Waals surface area (Å²) >= 11 is 19.6. The van der Waals surface area contributed by atoms with Crippen LogP contribution in [0.1, 0.15) is 106 Å². The molecule has 4 aliphatic heterocycles. The van der Waals surface area contributed by atoms with Gasteiger partial charge in [-0.3, -0.25) is 28.8 Å². The first-order valence-electron chi connectivity index (χ1n) is 29.1. The number of amides is 6. The number of aryl methyl sites for hydroxylation is 1. The van der Waals surface area contributed by atoms with Crippen LogP contribution in [-0.4, -0.2) is 127 Å². The summed E-state index contributed by atoms with van der Waals surface area (Å²) in [7, 11) is 0. The Morgan fingerprint density at radius 3 is 1.58 bits per heavy atom. The van der Waals surface area contributed by atoms with E-state index in [1.165, 1.54) is 6.08 Å². The molecule has 0 radical (unpaired) electrons. The number of piperazine rings is 2. The Kier molecular flexibility index (Phi) is 21.3. The third-order valence-electron chi connectivity index (χ3n) is 16.9. The van der Waals surface area contributed by atoms with Gasteiger partial charge in [-0.05, 0) is 91.4 Å². The number of aromatic amines is 2. The fourth-order valence-electron chi connectivity index (χ4n) is 12.4. The molecule has 85 heavy (non-hydrogen) atoms. The number of aromatic nitrogens is 2. The zero-order chi connectivity index (χ0) is 59.2. The predicted molar refractivity (Wildman–Crippen MR) is 338 cm³/mol. The van der Waals surface area contributed by atoms with Gasteiger partial charge in [-0.15, -0.1) is 0 Å². The van der Waals surface area contributed by atoms with Crippen LogP contribution >= 0.6 is 55.1 Å². The number of likely N-dealkylation sites (tertiary alicyclic amines) is 1. The van der Waals surface area contributed by atoms with Gasteiger partial charge in [-0.1, -0.05) is 148 Å². The van der Waals surface area contributed by atoms with E-state index in [1.54, 1.807) is 9.80 Å². The number of carbonyl (C=O) groups is 6. The summed E-state index contributed by atoms with van der Waals surface area (Å²) in [6.07, 6.45) is 10.6. The first-order valence-corrected chi connectivity index (χ1v) is 31.4. The zero-order valence-corrected chi connectivity index (χ0v) is 55.3. The molecule has 6 heterocycles. The van der Waals surface area contributed by atoms with Crippen molar-refractivity contribution in [3.8, 4) is 0 Å². The van der Waals surface area contributed by atoms with Crippen molar-refractivity contribution in [3.63, 3.8) is 0 Å². The second-order valence-corrected chi connectivity index (χ2v) is 25.3. The summed E-state index contributed by atoms with van der Waals surface area (Å²) in [5.74, 6) is -0.150. The van der Waals surface area contributed by atoms with Gasteiger partial charge in [0.05, 0.1) is 17.5 Å². The van der Waals surface area contributed by atoms with Gasteiger partial charge in [0, 0.05) is 161 Å². The minimum Gasteiger partial charge on any atom is -1.00 e. The van der Waals surface area contributed by atoms with E-state index >= 15 is 4.79 Å². The molecular weight excluding hydrogens is 1250 g/mol. The molecule has 440 valence electrons. The summed E-state index contributed by atoms with van der Waals surface area (Å²) in [6, 6.07) is 34.3. The number of rotatable bonds is 16. The van der Waals surface area contributed by atoms with E-state index in [-0.39, 0.29) is 72.8 Å². The fourth-order valence-corrected chi connectivity index (χ4v) is 13.3.